The van der Waals surface area contributed by atoms with Gasteiger partial charge in [0.1, 0.15) is 0 Å². The predicted molar refractivity (Wildman–Crippen MR) is 84.4 cm³/mol. The molecule has 0 aliphatic heterocycles. The van der Waals surface area contributed by atoms with Crippen molar-refractivity contribution in [2.24, 2.45) is 16.4 Å². The predicted octanol–water partition coefficient (Wildman–Crippen LogP) is 2.69. The summed E-state index contributed by atoms with van der Waals surface area (Å²) in [6, 6.07) is 0.187. The van der Waals surface area contributed by atoms with E-state index in [-0.39, 0.29) is 6.04 Å². The topological polar surface area (TPSA) is 45.6 Å². The van der Waals surface area contributed by atoms with Crippen LogP contribution in [0.1, 0.15) is 47.0 Å². The van der Waals surface area contributed by atoms with Gasteiger partial charge in [0, 0.05) is 18.9 Å². The molecule has 19 heavy (non-hydrogen) atoms. The third-order valence-electron chi connectivity index (χ3n) is 3.28. The Balaban J connectivity index is 2.45. The summed E-state index contributed by atoms with van der Waals surface area (Å²) in [5.41, 5.74) is 4.51. The van der Waals surface area contributed by atoms with E-state index in [0.29, 0.717) is 23.1 Å². The normalized spacial score (nSPS) is 25.9. The van der Waals surface area contributed by atoms with Gasteiger partial charge in [-0.2, -0.15) is 5.10 Å². The van der Waals surface area contributed by atoms with Crippen LogP contribution in [-0.2, 0) is 4.74 Å². The summed E-state index contributed by atoms with van der Waals surface area (Å²) in [5.74, 6) is 0.693. The molecule has 0 heterocycles. The Kier molecular flexibility index (Phi) is 6.20. The van der Waals surface area contributed by atoms with E-state index in [0.717, 1.165) is 12.8 Å². The fourth-order valence-electron chi connectivity index (χ4n) is 2.88. The number of ether oxygens (including phenoxy) is 1. The number of methoxy groups -OCH3 is 1. The molecule has 0 aromatic carbocycles. The molecule has 1 saturated carbocycles. The van der Waals surface area contributed by atoms with Crippen LogP contribution in [0.15, 0.2) is 5.10 Å². The van der Waals surface area contributed by atoms with Crippen molar-refractivity contribution >= 4 is 23.0 Å². The highest BCUT2D eigenvalue weighted by molar-refractivity contribution is 7.80. The molecule has 0 amide bonds. The zero-order valence-corrected chi connectivity index (χ0v) is 13.6. The Hall–Kier alpha value is -0.680. The number of rotatable bonds is 4. The third kappa shape index (κ3) is 6.34. The molecule has 110 valence electrons. The smallest absolute Gasteiger partial charge is 0.187 e. The lowest BCUT2D eigenvalue weighted by Gasteiger charge is -2.34. The first-order valence-electron chi connectivity index (χ1n) is 6.93. The molecule has 1 rings (SSSR count). The maximum absolute atomic E-state index is 5.21. The monoisotopic (exact) mass is 285 g/mol. The molecule has 1 aliphatic rings. The molecule has 0 radical (unpaired) electrons. The maximum Gasteiger partial charge on any atom is 0.187 e. The van der Waals surface area contributed by atoms with Crippen LogP contribution < -0.4 is 10.7 Å². The van der Waals surface area contributed by atoms with Gasteiger partial charge in [-0.1, -0.05) is 20.8 Å². The quantitative estimate of drug-likeness (QED) is 0.616. The van der Waals surface area contributed by atoms with Gasteiger partial charge in [0.2, 0.25) is 0 Å². The lowest BCUT2D eigenvalue weighted by Crippen LogP contribution is -2.41. The van der Waals surface area contributed by atoms with E-state index in [1.165, 1.54) is 12.1 Å². The van der Waals surface area contributed by atoms with E-state index < -0.39 is 0 Å². The average Bonchev–Trinajstić information content (AvgIpc) is 2.23. The molecule has 0 aromatic rings. The molecule has 4 nitrogen and oxygen atoms in total. The second kappa shape index (κ2) is 7.20. The van der Waals surface area contributed by atoms with Crippen LogP contribution >= 0.6 is 12.2 Å². The maximum atomic E-state index is 5.21. The molecular formula is C14H27N3OS. The molecule has 2 atom stereocenters. The van der Waals surface area contributed by atoms with E-state index in [9.17, 15) is 0 Å². The van der Waals surface area contributed by atoms with E-state index in [4.69, 9.17) is 17.0 Å². The van der Waals surface area contributed by atoms with E-state index >= 15 is 0 Å². The van der Waals surface area contributed by atoms with E-state index in [2.05, 4.69) is 36.6 Å². The van der Waals surface area contributed by atoms with Crippen molar-refractivity contribution in [3.05, 3.63) is 0 Å². The Morgan fingerprint density at radius 2 is 2.26 bits per heavy atom. The fourth-order valence-corrected chi connectivity index (χ4v) is 3.12. The first-order chi connectivity index (χ1) is 8.82. The van der Waals surface area contributed by atoms with Crippen LogP contribution in [-0.4, -0.2) is 30.6 Å². The van der Waals surface area contributed by atoms with Crippen molar-refractivity contribution in [3.8, 4) is 0 Å². The molecular weight excluding hydrogens is 258 g/mol. The van der Waals surface area contributed by atoms with Crippen LogP contribution in [0.4, 0.5) is 0 Å². The highest BCUT2D eigenvalue weighted by Gasteiger charge is 2.29. The van der Waals surface area contributed by atoms with E-state index in [1.54, 1.807) is 7.11 Å². The molecule has 2 N–H and O–H groups in total. The number of hydrazone groups is 1. The first-order valence-corrected chi connectivity index (χ1v) is 7.34. The molecule has 0 spiro atoms. The number of hydrogen-bond donors (Lipinski definition) is 2. The van der Waals surface area contributed by atoms with Crippen molar-refractivity contribution in [2.45, 2.75) is 53.0 Å². The molecule has 1 fully saturated rings. The van der Waals surface area contributed by atoms with Crippen molar-refractivity contribution in [1.82, 2.24) is 10.7 Å². The number of nitrogens with one attached hydrogen (secondary N) is 2. The molecule has 1 aliphatic carbocycles. The van der Waals surface area contributed by atoms with Crippen LogP contribution in [0.2, 0.25) is 0 Å². The summed E-state index contributed by atoms with van der Waals surface area (Å²) < 4.78 is 5.05. The van der Waals surface area contributed by atoms with Crippen molar-refractivity contribution in [3.63, 3.8) is 0 Å². The minimum atomic E-state index is 0.187. The summed E-state index contributed by atoms with van der Waals surface area (Å²) >= 11 is 5.21. The molecule has 0 unspecified atom stereocenters. The summed E-state index contributed by atoms with van der Waals surface area (Å²) in [7, 11) is 1.68. The van der Waals surface area contributed by atoms with Crippen LogP contribution in [0, 0.1) is 11.3 Å². The molecule has 0 aromatic heterocycles. The van der Waals surface area contributed by atoms with Gasteiger partial charge in [-0.05, 0) is 49.7 Å². The summed E-state index contributed by atoms with van der Waals surface area (Å²) in [4.78, 5) is 0. The second-order valence-corrected chi connectivity index (χ2v) is 6.88. The van der Waals surface area contributed by atoms with Gasteiger partial charge in [0.05, 0.1) is 6.61 Å². The third-order valence-corrected chi connectivity index (χ3v) is 3.49. The highest BCUT2D eigenvalue weighted by Crippen LogP contribution is 2.36. The van der Waals surface area contributed by atoms with Gasteiger partial charge in [-0.15, -0.1) is 0 Å². The lowest BCUT2D eigenvalue weighted by molar-refractivity contribution is 0.179. The standard InChI is InChI=1S/C14H27N3OS/c1-10-6-12(8-14(3,4)7-10)16-17-13(19)15-11(2)9-18-5/h10-11H,6-9H2,1-5H3,(H2,15,17,19)/b16-12-/t10-,11+/m0/s1. The summed E-state index contributed by atoms with van der Waals surface area (Å²) in [6.07, 6.45) is 3.37. The SMILES string of the molecule is COC[C@@H](C)NC(=S)N/N=C1/C[C@H](C)CC(C)(C)C1. The Labute approximate surface area is 122 Å². The first kappa shape index (κ1) is 16.4. The number of nitrogens with zero attached hydrogens (tertiary/aromatic N) is 1. The van der Waals surface area contributed by atoms with Gasteiger partial charge >= 0.3 is 0 Å². The van der Waals surface area contributed by atoms with Gasteiger partial charge in [0.15, 0.2) is 5.11 Å². The fraction of sp³-hybridized carbons (Fsp3) is 0.857. The largest absolute Gasteiger partial charge is 0.383 e. The summed E-state index contributed by atoms with van der Waals surface area (Å²) in [6.45, 7) is 9.54. The number of hydrogen-bond acceptors (Lipinski definition) is 3. The minimum Gasteiger partial charge on any atom is -0.383 e. The van der Waals surface area contributed by atoms with Crippen LogP contribution in [0.3, 0.4) is 0 Å². The van der Waals surface area contributed by atoms with Crippen LogP contribution in [0.25, 0.3) is 0 Å². The molecule has 0 saturated heterocycles. The van der Waals surface area contributed by atoms with Gasteiger partial charge in [-0.3, -0.25) is 5.43 Å². The summed E-state index contributed by atoms with van der Waals surface area (Å²) in [5, 5.41) is 8.17. The minimum absolute atomic E-state index is 0.187. The van der Waals surface area contributed by atoms with Crippen molar-refractivity contribution in [2.75, 3.05) is 13.7 Å². The Morgan fingerprint density at radius 1 is 1.58 bits per heavy atom. The van der Waals surface area contributed by atoms with Crippen molar-refractivity contribution < 1.29 is 4.74 Å². The van der Waals surface area contributed by atoms with Crippen LogP contribution in [0.5, 0.6) is 0 Å². The van der Waals surface area contributed by atoms with E-state index in [1.807, 2.05) is 6.92 Å². The second-order valence-electron chi connectivity index (χ2n) is 6.47. The van der Waals surface area contributed by atoms with Gasteiger partial charge < -0.3 is 10.1 Å². The van der Waals surface area contributed by atoms with Gasteiger partial charge in [0.25, 0.3) is 0 Å². The highest BCUT2D eigenvalue weighted by atomic mass is 32.1. The molecule has 5 heteroatoms. The lowest BCUT2D eigenvalue weighted by atomic mass is 9.72. The molecule has 0 bridgehead atoms. The van der Waals surface area contributed by atoms with Gasteiger partial charge in [-0.25, -0.2) is 0 Å². The zero-order chi connectivity index (χ0) is 14.5. The van der Waals surface area contributed by atoms with Crippen molar-refractivity contribution in [1.29, 1.82) is 0 Å². The average molecular weight is 285 g/mol. The Morgan fingerprint density at radius 3 is 2.84 bits per heavy atom. The number of thiocarbonyl (C=S) groups is 1. The zero-order valence-electron chi connectivity index (χ0n) is 12.7. The Bertz CT molecular complexity index is 342.